The number of benzene rings is 1. The third-order valence-electron chi connectivity index (χ3n) is 6.35. The van der Waals surface area contributed by atoms with Crippen LogP contribution >= 0.6 is 0 Å². The summed E-state index contributed by atoms with van der Waals surface area (Å²) in [4.78, 5) is 33.0. The summed E-state index contributed by atoms with van der Waals surface area (Å²) in [6.45, 7) is 9.91. The van der Waals surface area contributed by atoms with E-state index < -0.39 is 74.4 Å². The molecule has 2 unspecified atom stereocenters. The number of carbonyl (C=O) groups is 2. The highest BCUT2D eigenvalue weighted by Gasteiger charge is 2.56. The van der Waals surface area contributed by atoms with Crippen LogP contribution in [0, 0.1) is 4.78 Å². The van der Waals surface area contributed by atoms with Gasteiger partial charge in [0.2, 0.25) is 5.60 Å². The second-order valence-electron chi connectivity index (χ2n) is 11.5. The van der Waals surface area contributed by atoms with Crippen LogP contribution < -0.4 is 5.32 Å². The van der Waals surface area contributed by atoms with Crippen LogP contribution in [0.4, 0.5) is 18.0 Å². The summed E-state index contributed by atoms with van der Waals surface area (Å²) in [6, 6.07) is 7.21. The van der Waals surface area contributed by atoms with E-state index in [1.807, 2.05) is 0 Å². The van der Waals surface area contributed by atoms with Crippen LogP contribution in [-0.4, -0.2) is 66.3 Å². The highest BCUT2D eigenvalue weighted by molar-refractivity contribution is 7.92. The van der Waals surface area contributed by atoms with Gasteiger partial charge in [0.05, 0.1) is 23.8 Å². The molecule has 234 valence electrons. The second kappa shape index (κ2) is 13.4. The minimum atomic E-state index is -5.22. The number of nitrogens with one attached hydrogen (secondary N) is 2. The van der Waals surface area contributed by atoms with Gasteiger partial charge >= 0.3 is 18.2 Å². The number of aliphatic hydroxyl groups is 1. The van der Waals surface area contributed by atoms with E-state index >= 15 is 0 Å². The number of halogens is 3. The lowest BCUT2D eigenvalue weighted by atomic mass is 9.96. The number of amides is 1. The van der Waals surface area contributed by atoms with E-state index in [1.165, 1.54) is 0 Å². The summed E-state index contributed by atoms with van der Waals surface area (Å²) in [5, 5.41) is 13.0. The molecule has 0 aliphatic heterocycles. The van der Waals surface area contributed by atoms with Gasteiger partial charge in [0.15, 0.2) is 0 Å². The van der Waals surface area contributed by atoms with Gasteiger partial charge in [-0.05, 0) is 47.5 Å². The first-order valence-electron chi connectivity index (χ1n) is 13.3. The molecule has 14 heteroatoms. The molecule has 1 amide bonds. The number of ether oxygens (including phenoxy) is 2. The molecule has 2 rings (SSSR count). The van der Waals surface area contributed by atoms with Crippen molar-refractivity contribution in [2.24, 2.45) is 0 Å². The lowest BCUT2D eigenvalue weighted by Crippen LogP contribution is -2.47. The fraction of sp³-hybridized carbons (Fsp3) is 0.571. The summed E-state index contributed by atoms with van der Waals surface area (Å²) < 4.78 is 74.1. The lowest BCUT2D eigenvalue weighted by Gasteiger charge is -2.30. The fourth-order valence-electron chi connectivity index (χ4n) is 3.55. The van der Waals surface area contributed by atoms with Gasteiger partial charge in [-0.3, -0.25) is 14.7 Å². The Balaban J connectivity index is 2.20. The number of alkyl carbamates (subject to hydrolysis) is 1. The smallest absolute Gasteiger partial charge is 0.423 e. The summed E-state index contributed by atoms with van der Waals surface area (Å²) in [7, 11) is -3.79. The van der Waals surface area contributed by atoms with Gasteiger partial charge in [0.25, 0.3) is 0 Å². The van der Waals surface area contributed by atoms with E-state index in [-0.39, 0.29) is 12.1 Å². The van der Waals surface area contributed by atoms with Crippen LogP contribution in [0.15, 0.2) is 42.7 Å². The maximum atomic E-state index is 14.1. The topological polar surface area (TPSA) is 152 Å². The van der Waals surface area contributed by atoms with Gasteiger partial charge in [0, 0.05) is 33.2 Å². The molecule has 1 aromatic heterocycles. The zero-order valence-electron chi connectivity index (χ0n) is 24.6. The molecule has 0 fully saturated rings. The van der Waals surface area contributed by atoms with Crippen LogP contribution in [0.5, 0.6) is 0 Å². The van der Waals surface area contributed by atoms with E-state index in [0.717, 1.165) is 12.4 Å². The molecule has 3 N–H and O–H groups in total. The van der Waals surface area contributed by atoms with Gasteiger partial charge in [-0.15, -0.1) is 0 Å². The molecule has 0 saturated heterocycles. The number of rotatable bonds is 12. The molecular weight excluding hydrogens is 577 g/mol. The van der Waals surface area contributed by atoms with Gasteiger partial charge in [0.1, 0.15) is 17.2 Å². The van der Waals surface area contributed by atoms with E-state index in [9.17, 15) is 32.1 Å². The third kappa shape index (κ3) is 10.2. The van der Waals surface area contributed by atoms with Crippen LogP contribution in [0.3, 0.4) is 0 Å². The summed E-state index contributed by atoms with van der Waals surface area (Å²) in [5.41, 5.74) is -5.23. The maximum absolute atomic E-state index is 14.1. The maximum Gasteiger partial charge on any atom is 0.423 e. The first-order valence-corrected chi connectivity index (χ1v) is 15.2. The normalized spacial score (nSPS) is 16.0. The third-order valence-corrected chi connectivity index (χ3v) is 8.11. The highest BCUT2D eigenvalue weighted by Crippen LogP contribution is 2.41. The molecular formula is C28H39F3N4O6S. The Morgan fingerprint density at radius 3 is 2.14 bits per heavy atom. The van der Waals surface area contributed by atoms with E-state index in [1.54, 1.807) is 71.9 Å². The summed E-state index contributed by atoms with van der Waals surface area (Å²) in [6.07, 6.45) is -5.37. The number of hydrogen-bond acceptors (Lipinski definition) is 9. The Morgan fingerprint density at radius 2 is 1.64 bits per heavy atom. The fourth-order valence-corrected chi connectivity index (χ4v) is 5.00. The molecule has 1 heterocycles. The molecule has 0 aliphatic rings. The Bertz CT molecular complexity index is 1310. The molecule has 1 aromatic carbocycles. The lowest BCUT2D eigenvalue weighted by molar-refractivity contribution is -0.269. The number of nitrogens with zero attached hydrogens (tertiary/aromatic N) is 2. The van der Waals surface area contributed by atoms with E-state index in [4.69, 9.17) is 14.3 Å². The average molecular weight is 617 g/mol. The number of esters is 1. The van der Waals surface area contributed by atoms with Crippen molar-refractivity contribution in [2.45, 2.75) is 89.8 Å². The molecule has 0 radical (unpaired) electrons. The first kappa shape index (κ1) is 34.9. The Hall–Kier alpha value is -3.26. The van der Waals surface area contributed by atoms with Crippen LogP contribution in [0.25, 0.3) is 11.3 Å². The van der Waals surface area contributed by atoms with Crippen molar-refractivity contribution in [1.82, 2.24) is 15.3 Å². The average Bonchev–Trinajstić information content (AvgIpc) is 2.88. The van der Waals surface area contributed by atoms with Gasteiger partial charge < -0.3 is 19.9 Å². The van der Waals surface area contributed by atoms with Gasteiger partial charge in [-0.25, -0.2) is 13.8 Å². The molecule has 10 nitrogen and oxygen atoms in total. The predicted molar refractivity (Wildman–Crippen MR) is 151 cm³/mol. The number of carbonyl (C=O) groups excluding carboxylic acids is 2. The highest BCUT2D eigenvalue weighted by atomic mass is 32.2. The zero-order chi connectivity index (χ0) is 32.0. The molecule has 0 aliphatic carbocycles. The minimum Gasteiger partial charge on any atom is -0.458 e. The van der Waals surface area contributed by atoms with Crippen LogP contribution in [0.2, 0.25) is 0 Å². The van der Waals surface area contributed by atoms with Crippen molar-refractivity contribution in [3.8, 4) is 11.3 Å². The predicted octanol–water partition coefficient (Wildman–Crippen LogP) is 5.35. The number of aromatic nitrogens is 2. The quantitative estimate of drug-likeness (QED) is 0.270. The van der Waals surface area contributed by atoms with E-state index in [2.05, 4.69) is 15.3 Å². The van der Waals surface area contributed by atoms with Gasteiger partial charge in [-0.1, -0.05) is 37.3 Å². The summed E-state index contributed by atoms with van der Waals surface area (Å²) in [5.74, 6) is -2.31. The Kier molecular flexibility index (Phi) is 11.1. The SMILES string of the molecule is CCC(C)(C)OC(=O)[C@H](CCS(=N)(=O)CCC(O)(c1cnc(-c2ccccc2)cn1)C(F)(F)F)NC(=O)OC(C)(C)C. The zero-order valence-corrected chi connectivity index (χ0v) is 25.4. The molecule has 42 heavy (non-hydrogen) atoms. The van der Waals surface area contributed by atoms with Crippen LogP contribution in [-0.2, 0) is 29.6 Å². The molecule has 0 spiro atoms. The monoisotopic (exact) mass is 616 g/mol. The molecule has 0 bridgehead atoms. The molecule has 0 saturated carbocycles. The van der Waals surface area contributed by atoms with Crippen molar-refractivity contribution in [1.29, 1.82) is 4.78 Å². The van der Waals surface area contributed by atoms with Crippen molar-refractivity contribution in [3.05, 3.63) is 48.4 Å². The Morgan fingerprint density at radius 1 is 1.02 bits per heavy atom. The van der Waals surface area contributed by atoms with Crippen molar-refractivity contribution < 1.29 is 41.5 Å². The van der Waals surface area contributed by atoms with Crippen molar-refractivity contribution in [3.63, 3.8) is 0 Å². The minimum absolute atomic E-state index is 0.287. The number of hydrogen-bond donors (Lipinski definition) is 3. The van der Waals surface area contributed by atoms with Crippen molar-refractivity contribution >= 4 is 21.8 Å². The molecule has 3 atom stereocenters. The largest absolute Gasteiger partial charge is 0.458 e. The van der Waals surface area contributed by atoms with E-state index in [0.29, 0.717) is 12.0 Å². The standard InChI is InChI=1S/C28H39F3N4O6S/c1-7-26(5,6)40-23(36)20(35-24(37)41-25(2,3)4)13-15-42(32,39)16-14-27(38,28(29,30)31)22-18-33-21(17-34-22)19-11-9-8-10-12-19/h8-12,17-18,20,32,38H,7,13-16H2,1-6H3,(H,35,37)/t20-,27?,42?/m0/s1. The molecule has 2 aromatic rings. The van der Waals surface area contributed by atoms with Crippen molar-refractivity contribution in [2.75, 3.05) is 11.5 Å². The van der Waals surface area contributed by atoms with Gasteiger partial charge in [-0.2, -0.15) is 13.2 Å². The second-order valence-corrected chi connectivity index (χ2v) is 13.9. The Labute approximate surface area is 244 Å². The number of alkyl halides is 3. The summed E-state index contributed by atoms with van der Waals surface area (Å²) >= 11 is 0. The first-order chi connectivity index (χ1) is 19.2. The van der Waals surface area contributed by atoms with Crippen LogP contribution in [0.1, 0.15) is 66.5 Å².